The number of nitrogens with one attached hydrogen (secondary N) is 2. The number of ether oxygens (including phenoxy) is 3. The first kappa shape index (κ1) is 30.5. The third-order valence-electron chi connectivity index (χ3n) is 6.71. The number of amides is 1. The lowest BCUT2D eigenvalue weighted by Crippen LogP contribution is -2.52. The number of aliphatic hydroxyl groups excluding tert-OH is 1. The van der Waals surface area contributed by atoms with Gasteiger partial charge < -0.3 is 34.5 Å². The molecule has 13 heteroatoms. The number of halogens is 1. The summed E-state index contributed by atoms with van der Waals surface area (Å²) in [4.78, 5) is 24.0. The molecule has 1 fully saturated rings. The van der Waals surface area contributed by atoms with Crippen LogP contribution in [0, 0.1) is 20.8 Å². The molecule has 12 nitrogen and oxygen atoms in total. The quantitative estimate of drug-likeness (QED) is 0.302. The molecule has 3 aromatic rings. The van der Waals surface area contributed by atoms with Crippen LogP contribution in [-0.2, 0) is 9.47 Å². The number of anilines is 1. The first-order chi connectivity index (χ1) is 19.7. The fraction of sp³-hybridized carbons (Fsp3) is 0.500. The molecule has 1 amide bonds. The van der Waals surface area contributed by atoms with Crippen molar-refractivity contribution in [2.24, 2.45) is 0 Å². The first-order valence-electron chi connectivity index (χ1n) is 13.6. The van der Waals surface area contributed by atoms with Crippen LogP contribution in [0.1, 0.15) is 23.9 Å². The zero-order valence-electron chi connectivity index (χ0n) is 24.0. The number of hydrogen-bond donors (Lipinski definition) is 3. The minimum Gasteiger partial charge on any atom is -0.491 e. The van der Waals surface area contributed by atoms with Crippen molar-refractivity contribution >= 4 is 23.5 Å². The van der Waals surface area contributed by atoms with Crippen molar-refractivity contribution < 1.29 is 28.6 Å². The maximum Gasteiger partial charge on any atom is 0.410 e. The molecule has 0 aliphatic carbocycles. The van der Waals surface area contributed by atoms with Gasteiger partial charge in [0.2, 0.25) is 0 Å². The van der Waals surface area contributed by atoms with Crippen molar-refractivity contribution in [1.82, 2.24) is 25.3 Å². The van der Waals surface area contributed by atoms with Gasteiger partial charge in [0.1, 0.15) is 30.0 Å². The van der Waals surface area contributed by atoms with Crippen molar-refractivity contribution in [2.75, 3.05) is 58.4 Å². The smallest absolute Gasteiger partial charge is 0.410 e. The predicted molar refractivity (Wildman–Crippen MR) is 154 cm³/mol. The summed E-state index contributed by atoms with van der Waals surface area (Å²) in [5, 5.41) is 20.9. The Balaban J connectivity index is 1.70. The van der Waals surface area contributed by atoms with Gasteiger partial charge in [0.05, 0.1) is 47.8 Å². The number of aryl methyl sites for hydroxylation is 2. The molecule has 0 spiro atoms. The lowest BCUT2D eigenvalue weighted by atomic mass is 10.0. The van der Waals surface area contributed by atoms with E-state index in [-0.39, 0.29) is 18.7 Å². The molecule has 1 aliphatic rings. The van der Waals surface area contributed by atoms with Gasteiger partial charge in [-0.25, -0.2) is 14.8 Å². The van der Waals surface area contributed by atoms with Crippen molar-refractivity contribution in [3.05, 3.63) is 40.2 Å². The Labute approximate surface area is 244 Å². The summed E-state index contributed by atoms with van der Waals surface area (Å²) in [6.45, 7) is 9.81. The van der Waals surface area contributed by atoms with E-state index in [4.69, 9.17) is 40.3 Å². The molecule has 0 radical (unpaired) electrons. The normalized spacial score (nSPS) is 16.0. The molecule has 0 unspecified atom stereocenters. The zero-order valence-corrected chi connectivity index (χ0v) is 24.7. The second kappa shape index (κ2) is 13.9. The number of nitrogens with zero attached hydrogens (tertiary/aromatic N) is 4. The Morgan fingerprint density at radius 1 is 1.29 bits per heavy atom. The number of carbonyl (C=O) groups is 1. The van der Waals surface area contributed by atoms with Crippen molar-refractivity contribution in [3.63, 3.8) is 0 Å². The summed E-state index contributed by atoms with van der Waals surface area (Å²) in [5.41, 5.74) is 3.43. The lowest BCUT2D eigenvalue weighted by Gasteiger charge is -2.35. The van der Waals surface area contributed by atoms with Gasteiger partial charge in [0.15, 0.2) is 5.82 Å². The fourth-order valence-corrected chi connectivity index (χ4v) is 4.81. The van der Waals surface area contributed by atoms with E-state index in [2.05, 4.69) is 15.8 Å². The van der Waals surface area contributed by atoms with Gasteiger partial charge in [-0.2, -0.15) is 0 Å². The van der Waals surface area contributed by atoms with Crippen LogP contribution in [-0.4, -0.2) is 96.5 Å². The largest absolute Gasteiger partial charge is 0.491 e. The highest BCUT2D eigenvalue weighted by Crippen LogP contribution is 2.36. The van der Waals surface area contributed by atoms with Gasteiger partial charge in [-0.3, -0.25) is 4.90 Å². The van der Waals surface area contributed by atoms with Crippen molar-refractivity contribution in [2.45, 2.75) is 39.8 Å². The highest BCUT2D eigenvalue weighted by molar-refractivity contribution is 6.33. The molecule has 0 saturated carbocycles. The van der Waals surface area contributed by atoms with E-state index in [1.807, 2.05) is 20.8 Å². The van der Waals surface area contributed by atoms with Crippen LogP contribution in [0.4, 0.5) is 10.6 Å². The van der Waals surface area contributed by atoms with Crippen LogP contribution >= 0.6 is 11.6 Å². The summed E-state index contributed by atoms with van der Waals surface area (Å²) in [5.74, 6) is 2.06. The number of likely N-dealkylation sites (N-methyl/N-ethyl adjacent to an activating group) is 1. The standard InChI is InChI=1S/C28H37ClN6O6/c1-6-39-28(37)35-9-10-38-14-19(35)12-31-26-16(2)25(24-17(3)34-41-18(24)4)32-27(33-26)22-11-21(7-8-23(22)29)40-15-20(36)13-30-5/h7-8,11,19-20,30,36H,6,9-10,12-15H2,1-5H3,(H,31,32,33)/t19-,20-/m1/s1. The van der Waals surface area contributed by atoms with Gasteiger partial charge in [-0.15, -0.1) is 0 Å². The second-order valence-electron chi connectivity index (χ2n) is 9.73. The zero-order chi connectivity index (χ0) is 29.5. The second-order valence-corrected chi connectivity index (χ2v) is 10.1. The number of benzene rings is 1. The molecule has 1 saturated heterocycles. The molecule has 2 aromatic heterocycles. The van der Waals surface area contributed by atoms with E-state index in [0.717, 1.165) is 11.1 Å². The van der Waals surface area contributed by atoms with Crippen LogP contribution in [0.3, 0.4) is 0 Å². The van der Waals surface area contributed by atoms with E-state index in [1.165, 1.54) is 0 Å². The van der Waals surface area contributed by atoms with Crippen molar-refractivity contribution in [3.8, 4) is 28.4 Å². The topological polar surface area (TPSA) is 144 Å². The van der Waals surface area contributed by atoms with Crippen LogP contribution in [0.2, 0.25) is 5.02 Å². The molecule has 2 atom stereocenters. The predicted octanol–water partition coefficient (Wildman–Crippen LogP) is 3.61. The summed E-state index contributed by atoms with van der Waals surface area (Å²) >= 11 is 6.64. The van der Waals surface area contributed by atoms with Crippen LogP contribution in [0.25, 0.3) is 22.6 Å². The minimum atomic E-state index is -0.672. The Morgan fingerprint density at radius 2 is 2.10 bits per heavy atom. The van der Waals surface area contributed by atoms with E-state index >= 15 is 0 Å². The molecule has 1 aromatic carbocycles. The summed E-state index contributed by atoms with van der Waals surface area (Å²) in [7, 11) is 1.76. The number of aliphatic hydroxyl groups is 1. The van der Waals surface area contributed by atoms with Crippen LogP contribution in [0.15, 0.2) is 22.7 Å². The maximum absolute atomic E-state index is 12.5. The monoisotopic (exact) mass is 588 g/mol. The average molecular weight is 589 g/mol. The van der Waals surface area contributed by atoms with Gasteiger partial charge >= 0.3 is 6.09 Å². The molecular weight excluding hydrogens is 552 g/mol. The van der Waals surface area contributed by atoms with E-state index in [1.54, 1.807) is 37.1 Å². The third-order valence-corrected chi connectivity index (χ3v) is 7.04. The maximum atomic E-state index is 12.5. The number of rotatable bonds is 11. The highest BCUT2D eigenvalue weighted by Gasteiger charge is 2.29. The Kier molecular flexibility index (Phi) is 10.4. The molecule has 41 heavy (non-hydrogen) atoms. The first-order valence-corrected chi connectivity index (χ1v) is 13.9. The minimum absolute atomic E-state index is 0.105. The number of carbonyl (C=O) groups excluding carboxylic acids is 1. The molecule has 222 valence electrons. The summed E-state index contributed by atoms with van der Waals surface area (Å²) in [6, 6.07) is 4.93. The number of morpholine rings is 1. The molecular formula is C28H37ClN6O6. The molecule has 4 rings (SSSR count). The Bertz CT molecular complexity index is 1330. The average Bonchev–Trinajstić information content (AvgIpc) is 3.29. The van der Waals surface area contributed by atoms with Crippen LogP contribution < -0.4 is 15.4 Å². The van der Waals surface area contributed by atoms with Crippen molar-refractivity contribution in [1.29, 1.82) is 0 Å². The summed E-state index contributed by atoms with van der Waals surface area (Å²) < 4.78 is 22.2. The Hall–Kier alpha value is -3.45. The SMILES string of the molecule is CCOC(=O)N1CCOC[C@H]1CNc1nc(-c2cc(OC[C@H](O)CNC)ccc2Cl)nc(-c2c(C)noc2C)c1C. The highest BCUT2D eigenvalue weighted by atomic mass is 35.5. The van der Waals surface area contributed by atoms with Gasteiger partial charge in [-0.05, 0) is 52.9 Å². The molecule has 3 N–H and O–H groups in total. The van der Waals surface area contributed by atoms with Gasteiger partial charge in [0, 0.05) is 30.8 Å². The third kappa shape index (κ3) is 7.25. The number of aromatic nitrogens is 3. The molecule has 1 aliphatic heterocycles. The van der Waals surface area contributed by atoms with Crippen LogP contribution in [0.5, 0.6) is 5.75 Å². The van der Waals surface area contributed by atoms with Gasteiger partial charge in [0.25, 0.3) is 0 Å². The lowest BCUT2D eigenvalue weighted by molar-refractivity contribution is -0.00379. The summed E-state index contributed by atoms with van der Waals surface area (Å²) in [6.07, 6.45) is -1.04. The van der Waals surface area contributed by atoms with Gasteiger partial charge in [-0.1, -0.05) is 16.8 Å². The Morgan fingerprint density at radius 3 is 2.80 bits per heavy atom. The van der Waals surface area contributed by atoms with E-state index in [9.17, 15) is 9.90 Å². The fourth-order valence-electron chi connectivity index (χ4n) is 4.61. The molecule has 0 bridgehead atoms. The van der Waals surface area contributed by atoms with E-state index < -0.39 is 6.10 Å². The number of hydrogen-bond acceptors (Lipinski definition) is 11. The van der Waals surface area contributed by atoms with E-state index in [0.29, 0.717) is 84.6 Å². The molecule has 3 heterocycles.